The lowest BCUT2D eigenvalue weighted by Gasteiger charge is -2.31. The third-order valence-corrected chi connectivity index (χ3v) is 5.99. The van der Waals surface area contributed by atoms with E-state index in [0.717, 1.165) is 22.0 Å². The van der Waals surface area contributed by atoms with Crippen LogP contribution in [0.4, 0.5) is 0 Å². The number of aliphatic hydroxyl groups is 1. The number of carbonyl (C=O) groups is 1. The van der Waals surface area contributed by atoms with Crippen LogP contribution >= 0.6 is 0 Å². The van der Waals surface area contributed by atoms with E-state index in [1.165, 1.54) is 6.39 Å². The van der Waals surface area contributed by atoms with E-state index in [1.807, 2.05) is 18.2 Å². The number of hydrogen-bond acceptors (Lipinski definition) is 7. The Balaban J connectivity index is 1.65. The van der Waals surface area contributed by atoms with Crippen molar-refractivity contribution in [2.24, 2.45) is 0 Å². The number of cyclic esters (lactones) is 1. The van der Waals surface area contributed by atoms with Gasteiger partial charge in [-0.1, -0.05) is 6.92 Å². The number of aromatic nitrogens is 3. The van der Waals surface area contributed by atoms with Crippen LogP contribution in [0.1, 0.15) is 30.0 Å². The number of nitrogens with zero attached hydrogens (tertiary/aromatic N) is 3. The molecular weight excluding hydrogens is 374 g/mol. The van der Waals surface area contributed by atoms with Crippen molar-refractivity contribution in [3.8, 4) is 11.4 Å². The topological polar surface area (TPSA) is 107 Å². The minimum Gasteiger partial charge on any atom is -0.458 e. The number of fused-ring (bicyclic) bond motifs is 7. The summed E-state index contributed by atoms with van der Waals surface area (Å²) in [4.78, 5) is 34.4. The first-order chi connectivity index (χ1) is 14.0. The molecule has 1 atom stereocenters. The largest absolute Gasteiger partial charge is 0.458 e. The van der Waals surface area contributed by atoms with E-state index in [-0.39, 0.29) is 18.6 Å². The van der Waals surface area contributed by atoms with E-state index in [1.54, 1.807) is 17.6 Å². The van der Waals surface area contributed by atoms with Gasteiger partial charge in [-0.2, -0.15) is 0 Å². The molecule has 5 heterocycles. The Hall–Kier alpha value is -3.52. The number of esters is 1. The average molecular weight is 389 g/mol. The molecule has 0 spiro atoms. The highest BCUT2D eigenvalue weighted by atomic mass is 16.6. The molecule has 8 heteroatoms. The molecule has 1 aromatic carbocycles. The lowest BCUT2D eigenvalue weighted by molar-refractivity contribution is -0.172. The monoisotopic (exact) mass is 389 g/mol. The maximum absolute atomic E-state index is 13.2. The number of benzene rings is 1. The summed E-state index contributed by atoms with van der Waals surface area (Å²) in [6, 6.07) is 7.34. The Morgan fingerprint density at radius 3 is 2.97 bits per heavy atom. The number of ether oxygens (including phenoxy) is 1. The first kappa shape index (κ1) is 16.4. The average Bonchev–Trinajstić information content (AvgIpc) is 3.34. The molecule has 4 aromatic rings. The summed E-state index contributed by atoms with van der Waals surface area (Å²) in [7, 11) is 0. The zero-order valence-corrected chi connectivity index (χ0v) is 15.4. The van der Waals surface area contributed by atoms with Gasteiger partial charge in [-0.15, -0.1) is 0 Å². The van der Waals surface area contributed by atoms with Crippen molar-refractivity contribution in [3.63, 3.8) is 0 Å². The second-order valence-electron chi connectivity index (χ2n) is 7.43. The van der Waals surface area contributed by atoms with Crippen LogP contribution in [0.2, 0.25) is 0 Å². The van der Waals surface area contributed by atoms with Crippen molar-refractivity contribution in [2.75, 3.05) is 0 Å². The molecule has 1 N–H and O–H groups in total. The number of rotatable bonds is 1. The SMILES string of the molecule is CC[C@@]1(O)C(=O)OCc2c1cc1n(c2=O)Cc2cc3c(ccc4ocnc43)nc2-1. The van der Waals surface area contributed by atoms with Crippen molar-refractivity contribution < 1.29 is 19.1 Å². The van der Waals surface area contributed by atoms with Crippen LogP contribution in [0.25, 0.3) is 33.4 Å². The Kier molecular flexibility index (Phi) is 3.00. The summed E-state index contributed by atoms with van der Waals surface area (Å²) in [6.07, 6.45) is 1.51. The van der Waals surface area contributed by atoms with Gasteiger partial charge in [-0.05, 0) is 30.7 Å². The van der Waals surface area contributed by atoms with Crippen LogP contribution in [0.3, 0.4) is 0 Å². The maximum Gasteiger partial charge on any atom is 0.343 e. The molecule has 0 aliphatic carbocycles. The van der Waals surface area contributed by atoms with E-state index in [9.17, 15) is 14.7 Å². The van der Waals surface area contributed by atoms with Crippen LogP contribution in [0.15, 0.2) is 39.9 Å². The zero-order valence-electron chi connectivity index (χ0n) is 15.4. The van der Waals surface area contributed by atoms with Crippen LogP contribution in [-0.4, -0.2) is 25.6 Å². The molecule has 2 aliphatic rings. The first-order valence-corrected chi connectivity index (χ1v) is 9.34. The molecule has 0 unspecified atom stereocenters. The number of carbonyl (C=O) groups excluding carboxylic acids is 1. The van der Waals surface area contributed by atoms with E-state index in [2.05, 4.69) is 4.98 Å². The second kappa shape index (κ2) is 5.30. The molecule has 6 rings (SSSR count). The number of oxazole rings is 1. The number of hydrogen-bond donors (Lipinski definition) is 1. The van der Waals surface area contributed by atoms with Crippen LogP contribution in [-0.2, 0) is 28.3 Å². The van der Waals surface area contributed by atoms with Gasteiger partial charge in [0.25, 0.3) is 5.56 Å². The third-order valence-electron chi connectivity index (χ3n) is 5.99. The lowest BCUT2D eigenvalue weighted by Crippen LogP contribution is -2.44. The Morgan fingerprint density at radius 1 is 1.28 bits per heavy atom. The van der Waals surface area contributed by atoms with E-state index in [4.69, 9.17) is 14.1 Å². The second-order valence-corrected chi connectivity index (χ2v) is 7.43. The summed E-state index contributed by atoms with van der Waals surface area (Å²) < 4.78 is 12.1. The van der Waals surface area contributed by atoms with Gasteiger partial charge in [0.2, 0.25) is 0 Å². The minimum atomic E-state index is -1.82. The van der Waals surface area contributed by atoms with Gasteiger partial charge in [0, 0.05) is 16.5 Å². The molecule has 0 bridgehead atoms. The smallest absolute Gasteiger partial charge is 0.343 e. The molecule has 3 aromatic heterocycles. The fourth-order valence-electron chi connectivity index (χ4n) is 4.38. The molecule has 29 heavy (non-hydrogen) atoms. The van der Waals surface area contributed by atoms with Gasteiger partial charge >= 0.3 is 5.97 Å². The summed E-state index contributed by atoms with van der Waals surface area (Å²) >= 11 is 0. The van der Waals surface area contributed by atoms with Gasteiger partial charge in [-0.25, -0.2) is 14.8 Å². The van der Waals surface area contributed by atoms with Crippen LogP contribution < -0.4 is 5.56 Å². The van der Waals surface area contributed by atoms with Crippen LogP contribution in [0.5, 0.6) is 0 Å². The van der Waals surface area contributed by atoms with Gasteiger partial charge in [0.15, 0.2) is 17.6 Å². The lowest BCUT2D eigenvalue weighted by atomic mass is 9.86. The summed E-state index contributed by atoms with van der Waals surface area (Å²) in [5.41, 5.74) is 2.78. The third kappa shape index (κ3) is 1.96. The molecule has 0 radical (unpaired) electrons. The molecule has 8 nitrogen and oxygen atoms in total. The molecule has 144 valence electrons. The highest BCUT2D eigenvalue weighted by Crippen LogP contribution is 2.39. The van der Waals surface area contributed by atoms with Gasteiger partial charge in [0.05, 0.1) is 29.0 Å². The molecule has 0 fully saturated rings. The van der Waals surface area contributed by atoms with Crippen molar-refractivity contribution in [3.05, 3.63) is 57.7 Å². The van der Waals surface area contributed by atoms with Crippen LogP contribution in [0, 0.1) is 0 Å². The predicted octanol–water partition coefficient (Wildman–Crippen LogP) is 2.22. The quantitative estimate of drug-likeness (QED) is 0.438. The molecular formula is C21H15N3O5. The normalized spacial score (nSPS) is 19.9. The summed E-state index contributed by atoms with van der Waals surface area (Å²) in [5, 5.41) is 11.8. The maximum atomic E-state index is 13.2. The van der Waals surface area contributed by atoms with Gasteiger partial charge in [0.1, 0.15) is 12.1 Å². The molecule has 0 saturated heterocycles. The zero-order chi connectivity index (χ0) is 19.9. The summed E-state index contributed by atoms with van der Waals surface area (Å²) in [5.74, 6) is -0.727. The molecule has 2 aliphatic heterocycles. The predicted molar refractivity (Wildman–Crippen MR) is 102 cm³/mol. The standard InChI is InChI=1S/C21H15N3O5/c1-2-21(27)13-6-15-17-10(7-24(15)19(25)12(13)8-28-20(21)26)5-11-14(23-17)3-4-16-18(11)22-9-29-16/h3-6,9,27H,2,7-8H2,1H3/t21-/m0/s1. The first-order valence-electron chi connectivity index (χ1n) is 9.34. The van der Waals surface area contributed by atoms with Crippen molar-refractivity contribution >= 4 is 28.0 Å². The highest BCUT2D eigenvalue weighted by molar-refractivity contribution is 6.03. The fourth-order valence-corrected chi connectivity index (χ4v) is 4.38. The van der Waals surface area contributed by atoms with Gasteiger partial charge < -0.3 is 18.8 Å². The van der Waals surface area contributed by atoms with Crippen molar-refractivity contribution in [1.82, 2.24) is 14.5 Å². The Labute approximate surface area is 163 Å². The minimum absolute atomic E-state index is 0.115. The van der Waals surface area contributed by atoms with E-state index in [0.29, 0.717) is 34.6 Å². The highest BCUT2D eigenvalue weighted by Gasteiger charge is 2.45. The number of pyridine rings is 2. The van der Waals surface area contributed by atoms with Crippen molar-refractivity contribution in [1.29, 1.82) is 0 Å². The van der Waals surface area contributed by atoms with Gasteiger partial charge in [-0.3, -0.25) is 4.79 Å². The fraction of sp³-hybridized carbons (Fsp3) is 0.238. The Morgan fingerprint density at radius 2 is 2.14 bits per heavy atom. The molecule has 0 amide bonds. The molecule has 0 saturated carbocycles. The van der Waals surface area contributed by atoms with E-state index >= 15 is 0 Å². The van der Waals surface area contributed by atoms with Crippen molar-refractivity contribution in [2.45, 2.75) is 32.1 Å². The van der Waals surface area contributed by atoms with E-state index < -0.39 is 11.6 Å². The summed E-state index contributed by atoms with van der Waals surface area (Å²) in [6.45, 7) is 1.90. The Bertz CT molecular complexity index is 1430.